The van der Waals surface area contributed by atoms with Crippen LogP contribution in [0.4, 0.5) is 10.1 Å². The summed E-state index contributed by atoms with van der Waals surface area (Å²) in [6.45, 7) is 0. The van der Waals surface area contributed by atoms with Crippen molar-refractivity contribution < 1.29 is 4.39 Å². The number of rotatable bonds is 1. The molecule has 0 saturated carbocycles. The summed E-state index contributed by atoms with van der Waals surface area (Å²) in [5.74, 6) is -0.262. The third kappa shape index (κ3) is 1.87. The molecule has 0 aliphatic rings. The lowest BCUT2D eigenvalue weighted by molar-refractivity contribution is 0.629. The maximum atomic E-state index is 13.1. The molecule has 0 spiro atoms. The highest BCUT2D eigenvalue weighted by atomic mass is 32.1. The first-order valence-electron chi connectivity index (χ1n) is 5.14. The van der Waals surface area contributed by atoms with Crippen LogP contribution < -0.4 is 5.73 Å². The number of anilines is 1. The SMILES string of the molecule is Nc1cccc(-c2nc3cc(F)ccc3s2)c1. The molecule has 0 aliphatic heterocycles. The molecule has 0 aliphatic carbocycles. The molecule has 4 heteroatoms. The van der Waals surface area contributed by atoms with Crippen molar-refractivity contribution in [1.82, 2.24) is 4.98 Å². The number of hydrogen-bond acceptors (Lipinski definition) is 3. The van der Waals surface area contributed by atoms with E-state index in [9.17, 15) is 4.39 Å². The molecule has 3 aromatic rings. The third-order valence-corrected chi connectivity index (χ3v) is 3.57. The lowest BCUT2D eigenvalue weighted by atomic mass is 10.2. The fourth-order valence-electron chi connectivity index (χ4n) is 1.70. The van der Waals surface area contributed by atoms with Crippen LogP contribution in [0.3, 0.4) is 0 Å². The van der Waals surface area contributed by atoms with Gasteiger partial charge in [-0.3, -0.25) is 0 Å². The Hall–Kier alpha value is -1.94. The van der Waals surface area contributed by atoms with E-state index in [0.29, 0.717) is 11.2 Å². The molecule has 0 radical (unpaired) electrons. The van der Waals surface area contributed by atoms with Gasteiger partial charge in [0.1, 0.15) is 10.8 Å². The van der Waals surface area contributed by atoms with Crippen LogP contribution in [0.15, 0.2) is 42.5 Å². The minimum absolute atomic E-state index is 0.262. The molecular formula is C13H9FN2S. The summed E-state index contributed by atoms with van der Waals surface area (Å²) >= 11 is 1.53. The number of nitrogens with zero attached hydrogens (tertiary/aromatic N) is 1. The zero-order chi connectivity index (χ0) is 11.8. The Kier molecular flexibility index (Phi) is 2.30. The number of halogens is 1. The maximum absolute atomic E-state index is 13.1. The summed E-state index contributed by atoms with van der Waals surface area (Å²) in [7, 11) is 0. The van der Waals surface area contributed by atoms with Gasteiger partial charge in [-0.05, 0) is 24.3 Å². The van der Waals surface area contributed by atoms with Gasteiger partial charge in [0.2, 0.25) is 0 Å². The largest absolute Gasteiger partial charge is 0.399 e. The molecule has 0 atom stereocenters. The van der Waals surface area contributed by atoms with Crippen molar-refractivity contribution in [3.05, 3.63) is 48.3 Å². The summed E-state index contributed by atoms with van der Waals surface area (Å²) < 4.78 is 14.0. The van der Waals surface area contributed by atoms with Crippen molar-refractivity contribution in [2.75, 3.05) is 5.73 Å². The van der Waals surface area contributed by atoms with Crippen molar-refractivity contribution in [1.29, 1.82) is 0 Å². The number of fused-ring (bicyclic) bond motifs is 1. The molecule has 2 nitrogen and oxygen atoms in total. The Balaban J connectivity index is 2.18. The van der Waals surface area contributed by atoms with Crippen LogP contribution >= 0.6 is 11.3 Å². The fraction of sp³-hybridized carbons (Fsp3) is 0. The summed E-state index contributed by atoms with van der Waals surface area (Å²) in [5, 5.41) is 0.859. The van der Waals surface area contributed by atoms with Crippen LogP contribution in [0, 0.1) is 5.82 Å². The van der Waals surface area contributed by atoms with Crippen molar-refractivity contribution in [2.45, 2.75) is 0 Å². The van der Waals surface area contributed by atoms with Gasteiger partial charge in [0.25, 0.3) is 0 Å². The number of benzene rings is 2. The van der Waals surface area contributed by atoms with E-state index in [1.165, 1.54) is 23.5 Å². The molecule has 17 heavy (non-hydrogen) atoms. The minimum atomic E-state index is -0.262. The monoisotopic (exact) mass is 244 g/mol. The average Bonchev–Trinajstić information content (AvgIpc) is 2.72. The molecule has 2 N–H and O–H groups in total. The molecule has 0 bridgehead atoms. The van der Waals surface area contributed by atoms with Crippen LogP contribution in [-0.4, -0.2) is 4.98 Å². The highest BCUT2D eigenvalue weighted by molar-refractivity contribution is 7.21. The van der Waals surface area contributed by atoms with Crippen molar-refractivity contribution in [3.63, 3.8) is 0 Å². The van der Waals surface area contributed by atoms with Crippen molar-refractivity contribution in [2.24, 2.45) is 0 Å². The van der Waals surface area contributed by atoms with Crippen LogP contribution in [0.1, 0.15) is 0 Å². The molecule has 2 aromatic carbocycles. The second kappa shape index (κ2) is 3.82. The number of thiazole rings is 1. The molecule has 84 valence electrons. The number of nitrogens with two attached hydrogens (primary N) is 1. The summed E-state index contributed by atoms with van der Waals surface area (Å²) in [6.07, 6.45) is 0. The Morgan fingerprint density at radius 1 is 1.12 bits per heavy atom. The zero-order valence-electron chi connectivity index (χ0n) is 8.85. The topological polar surface area (TPSA) is 38.9 Å². The molecule has 0 saturated heterocycles. The first-order chi connectivity index (χ1) is 8.22. The first-order valence-corrected chi connectivity index (χ1v) is 5.96. The Labute approximate surface area is 102 Å². The van der Waals surface area contributed by atoms with E-state index in [1.54, 1.807) is 6.07 Å². The van der Waals surface area contributed by atoms with Crippen LogP contribution in [0.2, 0.25) is 0 Å². The Morgan fingerprint density at radius 3 is 2.82 bits per heavy atom. The van der Waals surface area contributed by atoms with Crippen LogP contribution in [0.5, 0.6) is 0 Å². The smallest absolute Gasteiger partial charge is 0.125 e. The van der Waals surface area contributed by atoms with E-state index < -0.39 is 0 Å². The second-order valence-electron chi connectivity index (χ2n) is 3.76. The minimum Gasteiger partial charge on any atom is -0.399 e. The number of hydrogen-bond donors (Lipinski definition) is 1. The summed E-state index contributed by atoms with van der Waals surface area (Å²) in [5.41, 5.74) is 8.08. The van der Waals surface area contributed by atoms with E-state index >= 15 is 0 Å². The maximum Gasteiger partial charge on any atom is 0.125 e. The van der Waals surface area contributed by atoms with Gasteiger partial charge < -0.3 is 5.73 Å². The van der Waals surface area contributed by atoms with Gasteiger partial charge in [-0.1, -0.05) is 12.1 Å². The van der Waals surface area contributed by atoms with E-state index in [2.05, 4.69) is 4.98 Å². The standard InChI is InChI=1S/C13H9FN2S/c14-9-4-5-12-11(7-9)16-13(17-12)8-2-1-3-10(15)6-8/h1-7H,15H2. The Morgan fingerprint density at radius 2 is 2.00 bits per heavy atom. The predicted molar refractivity (Wildman–Crippen MR) is 69.4 cm³/mol. The first kappa shape index (κ1) is 10.2. The summed E-state index contributed by atoms with van der Waals surface area (Å²) in [6, 6.07) is 12.2. The van der Waals surface area contributed by atoms with E-state index in [1.807, 2.05) is 24.3 Å². The van der Waals surface area contributed by atoms with Gasteiger partial charge in [-0.15, -0.1) is 11.3 Å². The fourth-order valence-corrected chi connectivity index (χ4v) is 2.64. The number of aromatic nitrogens is 1. The highest BCUT2D eigenvalue weighted by Crippen LogP contribution is 2.31. The van der Waals surface area contributed by atoms with E-state index in [0.717, 1.165) is 15.3 Å². The highest BCUT2D eigenvalue weighted by Gasteiger charge is 2.06. The van der Waals surface area contributed by atoms with Gasteiger partial charge in [-0.2, -0.15) is 0 Å². The average molecular weight is 244 g/mol. The normalized spacial score (nSPS) is 10.9. The zero-order valence-corrected chi connectivity index (χ0v) is 9.67. The van der Waals surface area contributed by atoms with Crippen LogP contribution in [-0.2, 0) is 0 Å². The quantitative estimate of drug-likeness (QED) is 0.663. The van der Waals surface area contributed by atoms with Crippen molar-refractivity contribution in [3.8, 4) is 10.6 Å². The van der Waals surface area contributed by atoms with Gasteiger partial charge in [-0.25, -0.2) is 9.37 Å². The second-order valence-corrected chi connectivity index (χ2v) is 4.79. The van der Waals surface area contributed by atoms with Crippen LogP contribution in [0.25, 0.3) is 20.8 Å². The van der Waals surface area contributed by atoms with Gasteiger partial charge in [0.05, 0.1) is 10.2 Å². The molecule has 0 amide bonds. The molecule has 0 fully saturated rings. The van der Waals surface area contributed by atoms with E-state index in [4.69, 9.17) is 5.73 Å². The third-order valence-electron chi connectivity index (χ3n) is 2.48. The lowest BCUT2D eigenvalue weighted by Crippen LogP contribution is -1.84. The molecule has 1 heterocycles. The molecule has 1 aromatic heterocycles. The number of nitrogen functional groups attached to an aromatic ring is 1. The van der Waals surface area contributed by atoms with Gasteiger partial charge in [0, 0.05) is 17.3 Å². The summed E-state index contributed by atoms with van der Waals surface area (Å²) in [4.78, 5) is 4.41. The molecule has 3 rings (SSSR count). The lowest BCUT2D eigenvalue weighted by Gasteiger charge is -1.96. The molecule has 0 unspecified atom stereocenters. The van der Waals surface area contributed by atoms with Gasteiger partial charge in [0.15, 0.2) is 0 Å². The predicted octanol–water partition coefficient (Wildman–Crippen LogP) is 3.68. The molecular weight excluding hydrogens is 235 g/mol. The Bertz CT molecular complexity index is 691. The van der Waals surface area contributed by atoms with Gasteiger partial charge >= 0.3 is 0 Å². The van der Waals surface area contributed by atoms with Crippen molar-refractivity contribution >= 4 is 27.2 Å². The van der Waals surface area contributed by atoms with E-state index in [-0.39, 0.29) is 5.82 Å².